The molecule has 14 nitrogen and oxygen atoms in total. The van der Waals surface area contributed by atoms with E-state index >= 15 is 0 Å². The quantitative estimate of drug-likeness (QED) is 0.0537. The molecule has 14 heteroatoms. The zero-order valence-electron chi connectivity index (χ0n) is 34.5. The van der Waals surface area contributed by atoms with Gasteiger partial charge in [0.1, 0.15) is 32.9 Å². The Morgan fingerprint density at radius 3 is 1.42 bits per heavy atom. The first-order chi connectivity index (χ1) is 28.5. The van der Waals surface area contributed by atoms with Gasteiger partial charge in [-0.2, -0.15) is 0 Å². The summed E-state index contributed by atoms with van der Waals surface area (Å²) in [6.07, 6.45) is 0.187. The van der Waals surface area contributed by atoms with E-state index in [2.05, 4.69) is 9.15 Å². The third-order valence-corrected chi connectivity index (χ3v) is 10.0. The molecule has 310 valence electrons. The number of fused-ring (bicyclic) bond motifs is 2. The van der Waals surface area contributed by atoms with Gasteiger partial charge in [0, 0.05) is 24.0 Å². The van der Waals surface area contributed by atoms with Crippen LogP contribution in [0.2, 0.25) is 0 Å². The number of ether oxygens (including phenoxy) is 9. The monoisotopic (exact) mass is 810 g/mol. The summed E-state index contributed by atoms with van der Waals surface area (Å²) < 4.78 is 53.6. The summed E-state index contributed by atoms with van der Waals surface area (Å²) in [6.45, 7) is 7.22. The molecule has 0 radical (unpaired) electrons. The van der Waals surface area contributed by atoms with Gasteiger partial charge < -0.3 is 42.6 Å². The van der Waals surface area contributed by atoms with Gasteiger partial charge in [0.05, 0.1) is 46.9 Å². The van der Waals surface area contributed by atoms with Crippen molar-refractivity contribution in [1.82, 2.24) is 0 Å². The molecule has 0 amide bonds. The molecule has 2 aliphatic rings. The average molecular weight is 811 g/mol. The van der Waals surface area contributed by atoms with E-state index in [1.165, 1.54) is 14.2 Å². The predicted molar refractivity (Wildman–Crippen MR) is 217 cm³/mol. The Morgan fingerprint density at radius 1 is 0.525 bits per heavy atom. The second-order valence-electron chi connectivity index (χ2n) is 13.8. The number of benzene rings is 4. The van der Waals surface area contributed by atoms with E-state index in [-0.39, 0.29) is 37.1 Å². The van der Waals surface area contributed by atoms with Gasteiger partial charge in [-0.1, -0.05) is 18.2 Å². The van der Waals surface area contributed by atoms with E-state index in [9.17, 15) is 14.4 Å². The first-order valence-electron chi connectivity index (χ1n) is 19.5. The number of carbonyl (C=O) groups is 3. The zero-order valence-corrected chi connectivity index (χ0v) is 34.5. The lowest BCUT2D eigenvalue weighted by molar-refractivity contribution is -0.499. The smallest absolute Gasteiger partial charge is 0.493 e. The first kappa shape index (κ1) is 42.0. The molecule has 4 aromatic carbocycles. The minimum absolute atomic E-state index is 0.150. The van der Waals surface area contributed by atoms with Crippen molar-refractivity contribution in [3.05, 3.63) is 100 Å². The topological polar surface area (TPSA) is 140 Å². The van der Waals surface area contributed by atoms with Gasteiger partial charge in [-0.3, -0.25) is 0 Å². The lowest BCUT2D eigenvalue weighted by Crippen LogP contribution is -2.29. The normalized spacial score (nSPS) is 13.1. The Balaban J connectivity index is 1.26. The van der Waals surface area contributed by atoms with Gasteiger partial charge in [-0.25, -0.2) is 23.5 Å². The number of likely N-dealkylation sites (N-methyl/N-ethyl adjacent to an activating group) is 2. The van der Waals surface area contributed by atoms with E-state index in [1.54, 1.807) is 26.8 Å². The van der Waals surface area contributed by atoms with Gasteiger partial charge in [0.15, 0.2) is 45.9 Å². The van der Waals surface area contributed by atoms with E-state index in [0.717, 1.165) is 70.7 Å². The Bertz CT molecular complexity index is 2280. The van der Waals surface area contributed by atoms with Gasteiger partial charge in [-0.05, 0) is 91.6 Å². The Labute approximate surface area is 343 Å². The second-order valence-corrected chi connectivity index (χ2v) is 13.8. The summed E-state index contributed by atoms with van der Waals surface area (Å²) in [5.41, 5.74) is 7.95. The SMILES string of the molecule is CCOC(=O)Oc1cc2c(cc1OC)CC[N+](C)=C2Cc1ccc(Oc2cc(CC3=[N+](C)CCc4cc(OC)c(OC(=O)OCC)cc43)ccc2OC(=O)OCC)cc1. The molecule has 59 heavy (non-hydrogen) atoms. The fourth-order valence-electron chi connectivity index (χ4n) is 7.08. The second kappa shape index (κ2) is 19.2. The highest BCUT2D eigenvalue weighted by Gasteiger charge is 2.29. The summed E-state index contributed by atoms with van der Waals surface area (Å²) in [5, 5.41) is 0. The highest BCUT2D eigenvalue weighted by atomic mass is 16.7. The summed E-state index contributed by atoms with van der Waals surface area (Å²) in [6, 6.07) is 20.5. The number of carbonyl (C=O) groups excluding carboxylic acids is 3. The fraction of sp³-hybridized carbons (Fsp3) is 0.356. The molecular weight excluding hydrogens is 760 g/mol. The predicted octanol–water partition coefficient (Wildman–Crippen LogP) is 7.56. The highest BCUT2D eigenvalue weighted by Crippen LogP contribution is 2.37. The van der Waals surface area contributed by atoms with E-state index < -0.39 is 18.5 Å². The molecule has 0 bridgehead atoms. The standard InChI is InChI=1S/C45H50N2O12/c1-8-53-43(48)57-37-16-13-29(22-36-34-27-42(59-45(50)55-10-3)39(52-7)25-31(34)18-20-47(36)5)23-40(37)56-32-14-11-28(12-15-32)21-35-33-26-41(58-44(49)54-9-2)38(51-6)24-30(33)17-19-46(35)4/h11-16,23-27H,8-10,17-22H2,1-7H3/q+2. The van der Waals surface area contributed by atoms with Crippen molar-refractivity contribution in [2.45, 2.75) is 46.5 Å². The average Bonchev–Trinajstić information content (AvgIpc) is 3.21. The van der Waals surface area contributed by atoms with Crippen LogP contribution in [0.15, 0.2) is 66.7 Å². The molecule has 0 saturated carbocycles. The third-order valence-electron chi connectivity index (χ3n) is 10.0. The summed E-state index contributed by atoms with van der Waals surface area (Å²) in [4.78, 5) is 37.0. The number of nitrogens with zero attached hydrogens (tertiary/aromatic N) is 2. The third kappa shape index (κ3) is 10.1. The molecule has 2 heterocycles. The van der Waals surface area contributed by atoms with Crippen molar-refractivity contribution < 1.29 is 66.2 Å². The van der Waals surface area contributed by atoms with Crippen LogP contribution in [-0.2, 0) is 39.9 Å². The van der Waals surface area contributed by atoms with Crippen LogP contribution in [0.5, 0.6) is 40.2 Å². The zero-order chi connectivity index (χ0) is 42.1. The molecule has 0 spiro atoms. The highest BCUT2D eigenvalue weighted by molar-refractivity contribution is 6.01. The van der Waals surface area contributed by atoms with E-state index in [1.807, 2.05) is 74.8 Å². The molecular formula is C45H50N2O12+2. The van der Waals surface area contributed by atoms with Crippen LogP contribution >= 0.6 is 0 Å². The summed E-state index contributed by atoms with van der Waals surface area (Å²) in [7, 11) is 7.12. The van der Waals surface area contributed by atoms with E-state index in [0.29, 0.717) is 35.8 Å². The lowest BCUT2D eigenvalue weighted by Gasteiger charge is -2.20. The Morgan fingerprint density at radius 2 is 0.966 bits per heavy atom. The molecule has 0 aliphatic carbocycles. The van der Waals surface area contributed by atoms with Crippen molar-refractivity contribution in [1.29, 1.82) is 0 Å². The maximum atomic E-state index is 12.5. The summed E-state index contributed by atoms with van der Waals surface area (Å²) in [5.74, 6) is 2.49. The lowest BCUT2D eigenvalue weighted by atomic mass is 9.92. The van der Waals surface area contributed by atoms with Crippen molar-refractivity contribution in [3.63, 3.8) is 0 Å². The van der Waals surface area contributed by atoms with Crippen LogP contribution in [0.1, 0.15) is 54.2 Å². The minimum atomic E-state index is -0.846. The van der Waals surface area contributed by atoms with Crippen molar-refractivity contribution >= 4 is 29.9 Å². The first-order valence-corrected chi connectivity index (χ1v) is 19.5. The molecule has 0 N–H and O–H groups in total. The molecule has 6 rings (SSSR count). The number of hydrogen-bond acceptors (Lipinski definition) is 12. The van der Waals surface area contributed by atoms with Gasteiger partial charge in [0.2, 0.25) is 0 Å². The molecule has 0 atom stereocenters. The van der Waals surface area contributed by atoms with E-state index in [4.69, 9.17) is 42.6 Å². The molecule has 4 aromatic rings. The van der Waals surface area contributed by atoms with Crippen LogP contribution in [0.25, 0.3) is 0 Å². The van der Waals surface area contributed by atoms with Crippen molar-refractivity contribution in [3.8, 4) is 40.2 Å². The largest absolute Gasteiger partial charge is 0.513 e. The van der Waals surface area contributed by atoms with Crippen LogP contribution < -0.4 is 28.4 Å². The maximum Gasteiger partial charge on any atom is 0.513 e. The number of methoxy groups -OCH3 is 2. The van der Waals surface area contributed by atoms with Crippen LogP contribution in [0.3, 0.4) is 0 Å². The number of rotatable bonds is 14. The Hall–Kier alpha value is -6.57. The molecule has 0 saturated heterocycles. The molecule has 2 aliphatic heterocycles. The molecule has 0 unspecified atom stereocenters. The van der Waals surface area contributed by atoms with Crippen LogP contribution in [0, 0.1) is 0 Å². The molecule has 0 fully saturated rings. The Kier molecular flexibility index (Phi) is 13.7. The molecule has 0 aromatic heterocycles. The minimum Gasteiger partial charge on any atom is -0.493 e. The van der Waals surface area contributed by atoms with Gasteiger partial charge in [-0.15, -0.1) is 0 Å². The maximum absolute atomic E-state index is 12.5. The number of hydrogen-bond donors (Lipinski definition) is 0. The van der Waals surface area contributed by atoms with Crippen LogP contribution in [0.4, 0.5) is 14.4 Å². The van der Waals surface area contributed by atoms with Crippen molar-refractivity contribution in [2.24, 2.45) is 0 Å². The van der Waals surface area contributed by atoms with Gasteiger partial charge >= 0.3 is 18.5 Å². The summed E-state index contributed by atoms with van der Waals surface area (Å²) >= 11 is 0. The van der Waals surface area contributed by atoms with Gasteiger partial charge in [0.25, 0.3) is 0 Å². The van der Waals surface area contributed by atoms with Crippen LogP contribution in [-0.4, -0.2) is 100 Å². The fourth-order valence-corrected chi connectivity index (χ4v) is 7.08. The van der Waals surface area contributed by atoms with Crippen molar-refractivity contribution in [2.75, 3.05) is 61.2 Å².